The van der Waals surface area contributed by atoms with Crippen LogP contribution in [0.3, 0.4) is 0 Å². The number of carbonyl (C=O) groups excluding carboxylic acids is 2. The van der Waals surface area contributed by atoms with E-state index in [2.05, 4.69) is 0 Å². The molecule has 0 aliphatic heterocycles. The number of rotatable bonds is 5. The lowest BCUT2D eigenvalue weighted by Gasteiger charge is -2.24. The Kier molecular flexibility index (Phi) is 5.62. The Balaban J connectivity index is 4.35. The summed E-state index contributed by atoms with van der Waals surface area (Å²) in [6, 6.07) is 0. The van der Waals surface area contributed by atoms with Crippen LogP contribution in [0.4, 0.5) is 0 Å². The van der Waals surface area contributed by atoms with Crippen LogP contribution in [0.25, 0.3) is 0 Å². The maximum absolute atomic E-state index is 10.6. The summed E-state index contributed by atoms with van der Waals surface area (Å²) in [5.41, 5.74) is 0. The molecule has 0 aliphatic carbocycles. The van der Waals surface area contributed by atoms with Crippen molar-refractivity contribution in [2.75, 3.05) is 0 Å². The van der Waals surface area contributed by atoms with Crippen LogP contribution in [-0.2, 0) is 19.1 Å². The Morgan fingerprint density at radius 3 is 2.07 bits per heavy atom. The quantitative estimate of drug-likeness (QED) is 0.664. The van der Waals surface area contributed by atoms with Crippen molar-refractivity contribution in [1.29, 1.82) is 0 Å². The molecular formula is C10H15O5. The highest BCUT2D eigenvalue weighted by molar-refractivity contribution is 5.67. The van der Waals surface area contributed by atoms with Gasteiger partial charge in [0.1, 0.15) is 18.3 Å². The minimum Gasteiger partial charge on any atom is -0.460 e. The van der Waals surface area contributed by atoms with Crippen molar-refractivity contribution in [2.45, 2.75) is 39.1 Å². The van der Waals surface area contributed by atoms with Crippen LogP contribution in [0.5, 0.6) is 0 Å². The Morgan fingerprint density at radius 1 is 1.27 bits per heavy atom. The zero-order valence-corrected chi connectivity index (χ0v) is 8.97. The zero-order valence-electron chi connectivity index (χ0n) is 8.97. The number of esters is 2. The van der Waals surface area contributed by atoms with E-state index in [0.717, 1.165) is 6.08 Å². The third-order valence-corrected chi connectivity index (χ3v) is 1.66. The monoisotopic (exact) mass is 215 g/mol. The fraction of sp³-hybridized carbons (Fsp3) is 0.600. The summed E-state index contributed by atoms with van der Waals surface area (Å²) in [4.78, 5) is 21.3. The summed E-state index contributed by atoms with van der Waals surface area (Å²) < 4.78 is 9.42. The van der Waals surface area contributed by atoms with Crippen LogP contribution in [0.2, 0.25) is 0 Å². The SMILES string of the molecule is [CH]=CC(OC(C)=O)C(O)C(C)OC(C)=O. The number of hydrogen-bond acceptors (Lipinski definition) is 5. The van der Waals surface area contributed by atoms with Gasteiger partial charge in [-0.25, -0.2) is 0 Å². The Bertz CT molecular complexity index is 248. The van der Waals surface area contributed by atoms with Gasteiger partial charge in [0.25, 0.3) is 0 Å². The van der Waals surface area contributed by atoms with E-state index < -0.39 is 30.3 Å². The number of hydrogen-bond donors (Lipinski definition) is 1. The molecule has 0 saturated heterocycles. The predicted molar refractivity (Wildman–Crippen MR) is 51.7 cm³/mol. The normalized spacial score (nSPS) is 16.0. The molecular weight excluding hydrogens is 200 g/mol. The molecule has 0 aromatic rings. The molecule has 0 spiro atoms. The van der Waals surface area contributed by atoms with Gasteiger partial charge in [-0.05, 0) is 13.0 Å². The van der Waals surface area contributed by atoms with Crippen molar-refractivity contribution in [1.82, 2.24) is 0 Å². The number of ether oxygens (including phenoxy) is 2. The largest absolute Gasteiger partial charge is 0.460 e. The molecule has 15 heavy (non-hydrogen) atoms. The molecule has 5 nitrogen and oxygen atoms in total. The van der Waals surface area contributed by atoms with E-state index in [4.69, 9.17) is 16.1 Å². The summed E-state index contributed by atoms with van der Waals surface area (Å²) in [7, 11) is 0. The molecule has 0 bridgehead atoms. The van der Waals surface area contributed by atoms with Gasteiger partial charge in [0.2, 0.25) is 0 Å². The van der Waals surface area contributed by atoms with E-state index >= 15 is 0 Å². The molecule has 1 N–H and O–H groups in total. The van der Waals surface area contributed by atoms with E-state index in [0.29, 0.717) is 0 Å². The molecule has 0 fully saturated rings. The van der Waals surface area contributed by atoms with Crippen LogP contribution in [0.15, 0.2) is 6.08 Å². The standard InChI is InChI=1S/C10H15O5/c1-5-9(15-8(4)12)10(13)6(2)14-7(3)11/h1,5-6,9-10,13H,2-4H3. The summed E-state index contributed by atoms with van der Waals surface area (Å²) in [6.07, 6.45) is -1.93. The zero-order chi connectivity index (χ0) is 12.0. The van der Waals surface area contributed by atoms with Crippen LogP contribution in [0.1, 0.15) is 20.8 Å². The van der Waals surface area contributed by atoms with E-state index in [1.165, 1.54) is 20.8 Å². The van der Waals surface area contributed by atoms with E-state index in [9.17, 15) is 14.7 Å². The summed E-state index contributed by atoms with van der Waals surface area (Å²) in [5, 5.41) is 9.61. The van der Waals surface area contributed by atoms with Crippen molar-refractivity contribution < 1.29 is 24.2 Å². The lowest BCUT2D eigenvalue weighted by atomic mass is 10.1. The Hall–Kier alpha value is -1.36. The van der Waals surface area contributed by atoms with E-state index in [1.807, 2.05) is 0 Å². The first kappa shape index (κ1) is 13.6. The fourth-order valence-electron chi connectivity index (χ4n) is 1.01. The molecule has 0 rings (SSSR count). The average molecular weight is 215 g/mol. The van der Waals surface area contributed by atoms with Crippen molar-refractivity contribution >= 4 is 11.9 Å². The van der Waals surface area contributed by atoms with Crippen LogP contribution in [-0.4, -0.2) is 35.4 Å². The summed E-state index contributed by atoms with van der Waals surface area (Å²) in [5.74, 6) is -1.10. The topological polar surface area (TPSA) is 72.8 Å². The van der Waals surface area contributed by atoms with Crippen LogP contribution in [0, 0.1) is 6.58 Å². The van der Waals surface area contributed by atoms with E-state index in [-0.39, 0.29) is 0 Å². The average Bonchev–Trinajstić information content (AvgIpc) is 2.11. The lowest BCUT2D eigenvalue weighted by Crippen LogP contribution is -2.39. The minimum absolute atomic E-state index is 0.528. The van der Waals surface area contributed by atoms with Crippen molar-refractivity contribution in [3.8, 4) is 0 Å². The molecule has 0 aliphatic rings. The van der Waals surface area contributed by atoms with Crippen molar-refractivity contribution in [3.63, 3.8) is 0 Å². The van der Waals surface area contributed by atoms with Crippen molar-refractivity contribution in [3.05, 3.63) is 12.7 Å². The first-order chi connectivity index (χ1) is 6.88. The summed E-state index contributed by atoms with van der Waals surface area (Å²) in [6.45, 7) is 9.08. The maximum atomic E-state index is 10.6. The lowest BCUT2D eigenvalue weighted by molar-refractivity contribution is -0.161. The highest BCUT2D eigenvalue weighted by atomic mass is 16.6. The van der Waals surface area contributed by atoms with Gasteiger partial charge in [-0.3, -0.25) is 9.59 Å². The first-order valence-electron chi connectivity index (χ1n) is 4.46. The second-order valence-corrected chi connectivity index (χ2v) is 3.07. The van der Waals surface area contributed by atoms with Gasteiger partial charge < -0.3 is 14.6 Å². The fourth-order valence-corrected chi connectivity index (χ4v) is 1.01. The maximum Gasteiger partial charge on any atom is 0.303 e. The smallest absolute Gasteiger partial charge is 0.303 e. The third kappa shape index (κ3) is 5.17. The van der Waals surface area contributed by atoms with Gasteiger partial charge in [0, 0.05) is 13.8 Å². The Morgan fingerprint density at radius 2 is 1.73 bits per heavy atom. The molecule has 0 saturated carbocycles. The molecule has 0 amide bonds. The van der Waals surface area contributed by atoms with Gasteiger partial charge in [0.05, 0.1) is 0 Å². The predicted octanol–water partition coefficient (Wildman–Crippen LogP) is 0.220. The number of aliphatic hydroxyl groups excluding tert-OH is 1. The van der Waals surface area contributed by atoms with Gasteiger partial charge in [-0.1, -0.05) is 6.58 Å². The molecule has 3 atom stereocenters. The third-order valence-electron chi connectivity index (χ3n) is 1.66. The van der Waals surface area contributed by atoms with E-state index in [1.54, 1.807) is 0 Å². The van der Waals surface area contributed by atoms with Crippen LogP contribution < -0.4 is 0 Å². The van der Waals surface area contributed by atoms with Crippen LogP contribution >= 0.6 is 0 Å². The molecule has 0 aromatic carbocycles. The highest BCUT2D eigenvalue weighted by Crippen LogP contribution is 2.09. The molecule has 0 aromatic heterocycles. The highest BCUT2D eigenvalue weighted by Gasteiger charge is 2.26. The molecule has 0 heterocycles. The summed E-state index contributed by atoms with van der Waals surface area (Å²) >= 11 is 0. The second kappa shape index (κ2) is 6.19. The molecule has 85 valence electrons. The van der Waals surface area contributed by atoms with Gasteiger partial charge in [-0.15, -0.1) is 0 Å². The van der Waals surface area contributed by atoms with Gasteiger partial charge >= 0.3 is 11.9 Å². The number of aliphatic hydroxyl groups is 1. The molecule has 1 radical (unpaired) electrons. The minimum atomic E-state index is -1.18. The van der Waals surface area contributed by atoms with Crippen molar-refractivity contribution in [2.24, 2.45) is 0 Å². The van der Waals surface area contributed by atoms with Gasteiger partial charge in [-0.2, -0.15) is 0 Å². The molecule has 3 unspecified atom stereocenters. The number of carbonyl (C=O) groups is 2. The Labute approximate surface area is 88.7 Å². The van der Waals surface area contributed by atoms with Gasteiger partial charge in [0.15, 0.2) is 0 Å². The first-order valence-corrected chi connectivity index (χ1v) is 4.46. The second-order valence-electron chi connectivity index (χ2n) is 3.07. The molecule has 5 heteroatoms.